The molecule has 1 aliphatic heterocycles. The lowest BCUT2D eigenvalue weighted by molar-refractivity contribution is 0.685. The first kappa shape index (κ1) is 16.7. The molecule has 4 heterocycles. The second-order valence-corrected chi connectivity index (χ2v) is 7.73. The van der Waals surface area contributed by atoms with E-state index in [2.05, 4.69) is 65.4 Å². The molecule has 0 radical (unpaired) electrons. The highest BCUT2D eigenvalue weighted by atomic mass is 127. The van der Waals surface area contributed by atoms with Crippen LogP contribution < -0.4 is 9.80 Å². The van der Waals surface area contributed by atoms with Gasteiger partial charge in [-0.1, -0.05) is 12.1 Å². The van der Waals surface area contributed by atoms with E-state index in [1.54, 1.807) is 6.33 Å². The molecule has 0 bridgehead atoms. The molecule has 1 N–H and O–H groups in total. The maximum Gasteiger partial charge on any atom is 0.193 e. The first-order valence-corrected chi connectivity index (χ1v) is 9.97. The minimum atomic E-state index is 0.364. The van der Waals surface area contributed by atoms with Crippen LogP contribution in [-0.2, 0) is 0 Å². The summed E-state index contributed by atoms with van der Waals surface area (Å²) >= 11 is 2.19. The zero-order valence-corrected chi connectivity index (χ0v) is 17.0. The Morgan fingerprint density at radius 2 is 2.04 bits per heavy atom. The maximum absolute atomic E-state index is 4.74. The summed E-state index contributed by atoms with van der Waals surface area (Å²) in [7, 11) is 2.13. The molecule has 3 aromatic heterocycles. The summed E-state index contributed by atoms with van der Waals surface area (Å²) in [4.78, 5) is 25.9. The lowest BCUT2D eigenvalue weighted by Crippen LogP contribution is -2.35. The number of nitrogens with one attached hydrogen (secondary N) is 1. The highest BCUT2D eigenvalue weighted by molar-refractivity contribution is 14.1. The first-order valence-electron chi connectivity index (χ1n) is 8.89. The van der Waals surface area contributed by atoms with E-state index in [0.29, 0.717) is 6.04 Å². The maximum atomic E-state index is 4.74. The number of rotatable bonds is 3. The largest absolute Gasteiger partial charge is 0.354 e. The zero-order chi connectivity index (χ0) is 18.4. The fraction of sp³-hybridized carbons (Fsp3) is 0.263. The molecule has 0 unspecified atom stereocenters. The molecule has 1 aromatic carbocycles. The summed E-state index contributed by atoms with van der Waals surface area (Å²) in [5.41, 5.74) is 1.87. The van der Waals surface area contributed by atoms with Gasteiger partial charge in [0.1, 0.15) is 23.6 Å². The molecule has 5 rings (SSSR count). The third-order valence-corrected chi connectivity index (χ3v) is 5.72. The Hall–Kier alpha value is -2.49. The molecule has 4 aromatic rings. The van der Waals surface area contributed by atoms with Crippen molar-refractivity contribution < 1.29 is 0 Å². The van der Waals surface area contributed by atoms with Crippen LogP contribution in [-0.4, -0.2) is 51.1 Å². The van der Waals surface area contributed by atoms with Crippen molar-refractivity contribution >= 4 is 56.2 Å². The number of hydrogen-bond donors (Lipinski definition) is 1. The van der Waals surface area contributed by atoms with Crippen molar-refractivity contribution in [1.82, 2.24) is 24.9 Å². The summed E-state index contributed by atoms with van der Waals surface area (Å²) in [6, 6.07) is 10.6. The lowest BCUT2D eigenvalue weighted by atomic mass is 10.2. The van der Waals surface area contributed by atoms with Crippen LogP contribution in [0.15, 0.2) is 42.9 Å². The van der Waals surface area contributed by atoms with Gasteiger partial charge in [-0.2, -0.15) is 0 Å². The van der Waals surface area contributed by atoms with Crippen LogP contribution in [0, 0.1) is 3.83 Å². The monoisotopic (exact) mass is 471 g/mol. The first-order chi connectivity index (χ1) is 13.2. The second-order valence-electron chi connectivity index (χ2n) is 6.77. The Morgan fingerprint density at radius 3 is 2.96 bits per heavy atom. The van der Waals surface area contributed by atoms with Gasteiger partial charge in [-0.15, -0.1) is 0 Å². The minimum absolute atomic E-state index is 0.364. The predicted octanol–water partition coefficient (Wildman–Crippen LogP) is 3.22. The number of fused-ring (bicyclic) bond motifs is 2. The standard InChI is InChI=1S/C19H18IN7/c1-26(18-13-4-2-3-5-15(13)24-19(20)25-18)12-7-9-27(10-12)17-14-6-8-21-16(14)22-11-23-17/h2-6,8,11-12H,7,9-10H2,1H3,(H,21,22,23)/t12-/m1/s1. The Balaban J connectivity index is 1.46. The van der Waals surface area contributed by atoms with Crippen molar-refractivity contribution in [3.8, 4) is 0 Å². The van der Waals surface area contributed by atoms with Gasteiger partial charge in [-0.3, -0.25) is 0 Å². The van der Waals surface area contributed by atoms with E-state index in [1.165, 1.54) is 0 Å². The molecule has 1 aliphatic rings. The quantitative estimate of drug-likeness (QED) is 0.366. The topological polar surface area (TPSA) is 73.8 Å². The number of likely N-dealkylation sites (N-methyl/N-ethyl adjacent to an activating group) is 1. The van der Waals surface area contributed by atoms with Crippen LogP contribution in [0.4, 0.5) is 11.6 Å². The van der Waals surface area contributed by atoms with Gasteiger partial charge in [0, 0.05) is 60.4 Å². The normalized spacial score (nSPS) is 17.1. The van der Waals surface area contributed by atoms with Crippen LogP contribution >= 0.6 is 22.6 Å². The van der Waals surface area contributed by atoms with Crippen LogP contribution in [0.25, 0.3) is 21.9 Å². The number of para-hydroxylation sites is 1. The Bertz CT molecular complexity index is 1130. The molecule has 1 saturated heterocycles. The summed E-state index contributed by atoms with van der Waals surface area (Å²) in [6.45, 7) is 1.87. The van der Waals surface area contributed by atoms with E-state index in [4.69, 9.17) is 4.98 Å². The molecule has 0 spiro atoms. The fourth-order valence-electron chi connectivity index (χ4n) is 3.84. The van der Waals surface area contributed by atoms with Gasteiger partial charge in [0.25, 0.3) is 0 Å². The molecule has 136 valence electrons. The second kappa shape index (κ2) is 6.59. The summed E-state index contributed by atoms with van der Waals surface area (Å²) < 4.78 is 0.771. The van der Waals surface area contributed by atoms with Crippen LogP contribution in [0.5, 0.6) is 0 Å². The van der Waals surface area contributed by atoms with E-state index in [9.17, 15) is 0 Å². The van der Waals surface area contributed by atoms with E-state index < -0.39 is 0 Å². The number of aromatic nitrogens is 5. The van der Waals surface area contributed by atoms with Gasteiger partial charge in [0.05, 0.1) is 10.9 Å². The van der Waals surface area contributed by atoms with Gasteiger partial charge < -0.3 is 14.8 Å². The average molecular weight is 471 g/mol. The molecule has 0 amide bonds. The van der Waals surface area contributed by atoms with Crippen LogP contribution in [0.3, 0.4) is 0 Å². The summed E-state index contributed by atoms with van der Waals surface area (Å²) in [6.07, 6.45) is 4.60. The molecule has 0 aliphatic carbocycles. The Kier molecular flexibility index (Phi) is 4.07. The molecule has 8 heteroatoms. The molecular formula is C19H18IN7. The number of benzene rings is 1. The van der Waals surface area contributed by atoms with E-state index >= 15 is 0 Å². The summed E-state index contributed by atoms with van der Waals surface area (Å²) in [5, 5.41) is 2.16. The third-order valence-electron chi connectivity index (χ3n) is 5.23. The Labute approximate surface area is 170 Å². The van der Waals surface area contributed by atoms with Crippen molar-refractivity contribution in [1.29, 1.82) is 0 Å². The average Bonchev–Trinajstić information content (AvgIpc) is 3.36. The molecule has 1 atom stereocenters. The molecular weight excluding hydrogens is 453 g/mol. The zero-order valence-electron chi connectivity index (χ0n) is 14.8. The molecule has 1 fully saturated rings. The predicted molar refractivity (Wildman–Crippen MR) is 115 cm³/mol. The van der Waals surface area contributed by atoms with E-state index in [0.717, 1.165) is 56.9 Å². The summed E-state index contributed by atoms with van der Waals surface area (Å²) in [5.74, 6) is 1.99. The fourth-order valence-corrected chi connectivity index (χ4v) is 4.32. The van der Waals surface area contributed by atoms with Gasteiger partial charge in [0.2, 0.25) is 0 Å². The lowest BCUT2D eigenvalue weighted by Gasteiger charge is -2.27. The number of anilines is 2. The van der Waals surface area contributed by atoms with Crippen LogP contribution in [0.2, 0.25) is 0 Å². The molecule has 27 heavy (non-hydrogen) atoms. The number of halogens is 1. The van der Waals surface area contributed by atoms with Gasteiger partial charge >= 0.3 is 0 Å². The minimum Gasteiger partial charge on any atom is -0.354 e. The van der Waals surface area contributed by atoms with Crippen LogP contribution in [0.1, 0.15) is 6.42 Å². The molecule has 0 saturated carbocycles. The van der Waals surface area contributed by atoms with Gasteiger partial charge in [-0.05, 0) is 24.6 Å². The highest BCUT2D eigenvalue weighted by Gasteiger charge is 2.29. The SMILES string of the molecule is CN(c1nc(I)nc2ccccc12)[C@@H]1CCN(c2ncnc3[nH]ccc23)C1. The van der Waals surface area contributed by atoms with Crippen molar-refractivity contribution in [3.63, 3.8) is 0 Å². The van der Waals surface area contributed by atoms with Crippen molar-refractivity contribution in [2.24, 2.45) is 0 Å². The number of nitrogens with zero attached hydrogens (tertiary/aromatic N) is 6. The third kappa shape index (κ3) is 2.88. The highest BCUT2D eigenvalue weighted by Crippen LogP contribution is 2.30. The number of hydrogen-bond acceptors (Lipinski definition) is 6. The van der Waals surface area contributed by atoms with Gasteiger partial charge in [-0.25, -0.2) is 19.9 Å². The van der Waals surface area contributed by atoms with Crippen molar-refractivity contribution in [3.05, 3.63) is 46.7 Å². The van der Waals surface area contributed by atoms with Crippen molar-refractivity contribution in [2.75, 3.05) is 29.9 Å². The van der Waals surface area contributed by atoms with E-state index in [-0.39, 0.29) is 0 Å². The number of H-pyrrole nitrogens is 1. The Morgan fingerprint density at radius 1 is 1.15 bits per heavy atom. The molecule has 7 nitrogen and oxygen atoms in total. The smallest absolute Gasteiger partial charge is 0.193 e. The number of aromatic amines is 1. The van der Waals surface area contributed by atoms with Crippen molar-refractivity contribution in [2.45, 2.75) is 12.5 Å². The van der Waals surface area contributed by atoms with E-state index in [1.807, 2.05) is 30.5 Å². The van der Waals surface area contributed by atoms with Gasteiger partial charge in [0.15, 0.2) is 3.83 Å².